The zero-order chi connectivity index (χ0) is 25.6. The minimum Gasteiger partial charge on any atom is -0.394 e. The van der Waals surface area contributed by atoms with E-state index in [2.05, 4.69) is 12.2 Å². The van der Waals surface area contributed by atoms with E-state index >= 15 is 0 Å². The summed E-state index contributed by atoms with van der Waals surface area (Å²) >= 11 is 0. The van der Waals surface area contributed by atoms with E-state index in [1.54, 1.807) is 6.07 Å². The molecule has 0 spiro atoms. The van der Waals surface area contributed by atoms with Gasteiger partial charge in [-0.2, -0.15) is 5.26 Å². The van der Waals surface area contributed by atoms with Crippen LogP contribution in [0.15, 0.2) is 18.2 Å². The monoisotopic (exact) mass is 490 g/mol. The van der Waals surface area contributed by atoms with Crippen LogP contribution in [0.25, 0.3) is 0 Å². The number of nitriles is 1. The first-order valence-corrected chi connectivity index (χ1v) is 13.8. The first-order chi connectivity index (χ1) is 17.1. The summed E-state index contributed by atoms with van der Waals surface area (Å²) in [5.41, 5.74) is 0.741. The Morgan fingerprint density at radius 2 is 1.49 bits per heavy atom. The third kappa shape index (κ3) is 17.2. The lowest BCUT2D eigenvalue weighted by molar-refractivity contribution is -0.122. The number of hydrogen-bond acceptors (Lipinski definition) is 4. The molecule has 0 saturated heterocycles. The molecule has 0 fully saturated rings. The van der Waals surface area contributed by atoms with Gasteiger partial charge in [0.25, 0.3) is 0 Å². The average Bonchev–Trinajstić information content (AvgIpc) is 2.86. The molecule has 1 amide bonds. The lowest BCUT2D eigenvalue weighted by atomic mass is 10.0. The van der Waals surface area contributed by atoms with Gasteiger partial charge in [-0.15, -0.1) is 0 Å². The summed E-state index contributed by atoms with van der Waals surface area (Å²) in [6.07, 6.45) is 19.3. The van der Waals surface area contributed by atoms with Gasteiger partial charge in [0.15, 0.2) is 0 Å². The standard InChI is InChI=1S/C29H47FN2O3/c1-2-3-4-5-6-7-8-9-10-11-12-13-14-15-16-17-29(34)32-22-28(23-33)35-24-26-18-25(21-31)19-27(30)20-26/h18-20,28,33H,2-17,22-24H2,1H3,(H,32,34). The molecule has 0 radical (unpaired) electrons. The zero-order valence-electron chi connectivity index (χ0n) is 21.8. The van der Waals surface area contributed by atoms with Gasteiger partial charge < -0.3 is 15.2 Å². The van der Waals surface area contributed by atoms with Gasteiger partial charge in [-0.25, -0.2) is 4.39 Å². The summed E-state index contributed by atoms with van der Waals surface area (Å²) in [5, 5.41) is 21.2. The zero-order valence-corrected chi connectivity index (χ0v) is 21.8. The first kappa shape index (κ1) is 31.1. The molecule has 1 atom stereocenters. The molecule has 5 nitrogen and oxygen atoms in total. The highest BCUT2D eigenvalue weighted by molar-refractivity contribution is 5.75. The highest BCUT2D eigenvalue weighted by atomic mass is 19.1. The topological polar surface area (TPSA) is 82.3 Å². The predicted octanol–water partition coefficient (Wildman–Crippen LogP) is 6.95. The molecular weight excluding hydrogens is 443 g/mol. The van der Waals surface area contributed by atoms with Gasteiger partial charge >= 0.3 is 0 Å². The molecule has 1 rings (SSSR count). The fraction of sp³-hybridized carbons (Fsp3) is 0.724. The van der Waals surface area contributed by atoms with Crippen LogP contribution in [0, 0.1) is 17.1 Å². The van der Waals surface area contributed by atoms with Crippen LogP contribution in [0.1, 0.15) is 121 Å². The molecule has 0 aliphatic heterocycles. The number of halogens is 1. The number of carbonyl (C=O) groups is 1. The number of aliphatic hydroxyl groups excluding tert-OH is 1. The number of carbonyl (C=O) groups excluding carboxylic acids is 1. The molecule has 0 saturated carbocycles. The van der Waals surface area contributed by atoms with Crippen LogP contribution in [0.4, 0.5) is 4.39 Å². The molecular formula is C29H47FN2O3. The molecule has 198 valence electrons. The molecule has 1 aromatic rings. The molecule has 0 heterocycles. The third-order valence-corrected chi connectivity index (χ3v) is 6.31. The quantitative estimate of drug-likeness (QED) is 0.172. The Kier molecular flexibility index (Phi) is 18.9. The number of aliphatic hydroxyl groups is 1. The van der Waals surface area contributed by atoms with Crippen molar-refractivity contribution in [2.24, 2.45) is 0 Å². The van der Waals surface area contributed by atoms with Crippen molar-refractivity contribution in [1.29, 1.82) is 5.26 Å². The summed E-state index contributed by atoms with van der Waals surface area (Å²) in [7, 11) is 0. The summed E-state index contributed by atoms with van der Waals surface area (Å²) in [6.45, 7) is 2.28. The van der Waals surface area contributed by atoms with Crippen molar-refractivity contribution in [2.75, 3.05) is 13.2 Å². The van der Waals surface area contributed by atoms with Crippen LogP contribution >= 0.6 is 0 Å². The normalized spacial score (nSPS) is 11.8. The smallest absolute Gasteiger partial charge is 0.220 e. The first-order valence-electron chi connectivity index (χ1n) is 13.8. The Morgan fingerprint density at radius 1 is 0.943 bits per heavy atom. The second-order valence-electron chi connectivity index (χ2n) is 9.58. The van der Waals surface area contributed by atoms with Crippen LogP contribution in [0.5, 0.6) is 0 Å². The molecule has 0 aliphatic rings. The Labute approximate surface area is 212 Å². The van der Waals surface area contributed by atoms with Crippen LogP contribution < -0.4 is 5.32 Å². The van der Waals surface area contributed by atoms with Gasteiger partial charge in [0, 0.05) is 13.0 Å². The number of hydrogen-bond donors (Lipinski definition) is 2. The van der Waals surface area contributed by atoms with Crippen molar-refractivity contribution in [3.05, 3.63) is 35.1 Å². The Morgan fingerprint density at radius 3 is 2.00 bits per heavy atom. The number of rotatable bonds is 22. The molecule has 2 N–H and O–H groups in total. The lowest BCUT2D eigenvalue weighted by Gasteiger charge is -2.16. The van der Waals surface area contributed by atoms with Crippen LogP contribution in [0.3, 0.4) is 0 Å². The van der Waals surface area contributed by atoms with Crippen molar-refractivity contribution in [3.8, 4) is 6.07 Å². The molecule has 1 unspecified atom stereocenters. The fourth-order valence-corrected chi connectivity index (χ4v) is 4.16. The van der Waals surface area contributed by atoms with E-state index < -0.39 is 11.9 Å². The van der Waals surface area contributed by atoms with Gasteiger partial charge in [-0.1, -0.05) is 96.8 Å². The Balaban J connectivity index is 1.98. The van der Waals surface area contributed by atoms with Gasteiger partial charge in [0.05, 0.1) is 31.0 Å². The molecule has 0 aliphatic carbocycles. The van der Waals surface area contributed by atoms with E-state index in [0.29, 0.717) is 12.0 Å². The van der Waals surface area contributed by atoms with E-state index in [0.717, 1.165) is 18.9 Å². The minimum atomic E-state index is -0.575. The van der Waals surface area contributed by atoms with E-state index in [1.165, 1.54) is 89.5 Å². The number of ether oxygens (including phenoxy) is 1. The Hall–Kier alpha value is -1.97. The van der Waals surface area contributed by atoms with E-state index in [9.17, 15) is 14.3 Å². The molecule has 0 bridgehead atoms. The number of unbranched alkanes of at least 4 members (excludes halogenated alkanes) is 14. The second kappa shape index (κ2) is 21.3. The largest absolute Gasteiger partial charge is 0.394 e. The summed E-state index contributed by atoms with van der Waals surface area (Å²) < 4.78 is 19.1. The highest BCUT2D eigenvalue weighted by Gasteiger charge is 2.11. The highest BCUT2D eigenvalue weighted by Crippen LogP contribution is 2.14. The molecule has 6 heteroatoms. The van der Waals surface area contributed by atoms with Crippen LogP contribution in [-0.2, 0) is 16.1 Å². The number of nitrogens with zero attached hydrogens (tertiary/aromatic N) is 1. The van der Waals surface area contributed by atoms with Gasteiger partial charge in [-0.3, -0.25) is 4.79 Å². The molecule has 35 heavy (non-hydrogen) atoms. The lowest BCUT2D eigenvalue weighted by Crippen LogP contribution is -2.35. The van der Waals surface area contributed by atoms with Crippen LogP contribution in [-0.4, -0.2) is 30.3 Å². The third-order valence-electron chi connectivity index (χ3n) is 6.31. The molecule has 0 aromatic heterocycles. The van der Waals surface area contributed by atoms with Gasteiger partial charge in [-0.05, 0) is 30.2 Å². The van der Waals surface area contributed by atoms with Crippen LogP contribution in [0.2, 0.25) is 0 Å². The minimum absolute atomic E-state index is 0.0423. The van der Waals surface area contributed by atoms with Crippen molar-refractivity contribution in [2.45, 2.75) is 122 Å². The predicted molar refractivity (Wildman–Crippen MR) is 139 cm³/mol. The van der Waals surface area contributed by atoms with E-state index in [-0.39, 0.29) is 31.2 Å². The number of nitrogens with one attached hydrogen (secondary N) is 1. The second-order valence-corrected chi connectivity index (χ2v) is 9.58. The Bertz CT molecular complexity index is 720. The maximum atomic E-state index is 13.5. The van der Waals surface area contributed by atoms with Gasteiger partial charge in [0.2, 0.25) is 5.91 Å². The van der Waals surface area contributed by atoms with E-state index in [4.69, 9.17) is 10.00 Å². The molecule has 1 aromatic carbocycles. The fourth-order valence-electron chi connectivity index (χ4n) is 4.16. The summed E-state index contributed by atoms with van der Waals surface area (Å²) in [6, 6.07) is 5.90. The van der Waals surface area contributed by atoms with Crippen molar-refractivity contribution in [1.82, 2.24) is 5.32 Å². The summed E-state index contributed by atoms with van der Waals surface area (Å²) in [4.78, 5) is 12.1. The maximum Gasteiger partial charge on any atom is 0.220 e. The number of benzene rings is 1. The SMILES string of the molecule is CCCCCCCCCCCCCCCCCC(=O)NCC(CO)OCc1cc(F)cc(C#N)c1. The van der Waals surface area contributed by atoms with Crippen molar-refractivity contribution < 1.29 is 19.0 Å². The van der Waals surface area contributed by atoms with E-state index in [1.807, 2.05) is 6.07 Å². The van der Waals surface area contributed by atoms with Gasteiger partial charge in [0.1, 0.15) is 5.82 Å². The average molecular weight is 491 g/mol. The summed E-state index contributed by atoms with van der Waals surface area (Å²) in [5.74, 6) is -0.542. The van der Waals surface area contributed by atoms with Crippen molar-refractivity contribution >= 4 is 5.91 Å². The maximum absolute atomic E-state index is 13.5. The van der Waals surface area contributed by atoms with Crippen molar-refractivity contribution in [3.63, 3.8) is 0 Å². The number of amides is 1.